The fraction of sp³-hybridized carbons (Fsp3) is 0.490. The number of anilines is 1. The lowest BCUT2D eigenvalue weighted by Gasteiger charge is -2.56. The molecule has 5 aliphatic rings. The van der Waals surface area contributed by atoms with E-state index < -0.39 is 37.0 Å². The molecule has 10 rings (SSSR count). The second-order valence-electron chi connectivity index (χ2n) is 20.3. The van der Waals surface area contributed by atoms with Crippen LogP contribution in [0.15, 0.2) is 88.9 Å². The van der Waals surface area contributed by atoms with Gasteiger partial charge in [-0.15, -0.1) is 11.8 Å². The van der Waals surface area contributed by atoms with E-state index in [4.69, 9.17) is 9.47 Å². The van der Waals surface area contributed by atoms with E-state index in [9.17, 15) is 28.4 Å². The minimum atomic E-state index is -4.63. The van der Waals surface area contributed by atoms with Gasteiger partial charge in [-0.3, -0.25) is 19.8 Å². The Morgan fingerprint density at radius 3 is 2.58 bits per heavy atom. The molecule has 0 bridgehead atoms. The number of aromatic amines is 1. The number of aromatic nitrogens is 2. The number of H-pyrrole nitrogens is 1. The Labute approximate surface area is 396 Å². The lowest BCUT2D eigenvalue weighted by Crippen LogP contribution is -2.54. The smallest absolute Gasteiger partial charge is 0.288 e. The largest absolute Gasteiger partial charge is 0.491 e. The number of fused-ring (bicyclic) bond motifs is 2. The molecule has 1 amide bonds. The van der Waals surface area contributed by atoms with Gasteiger partial charge in [-0.05, 0) is 137 Å². The van der Waals surface area contributed by atoms with Crippen molar-refractivity contribution in [2.75, 3.05) is 31.1 Å². The number of likely N-dealkylation sites (tertiary alicyclic amines) is 1. The molecule has 5 aromatic rings. The van der Waals surface area contributed by atoms with Crippen LogP contribution in [0.5, 0.6) is 17.2 Å². The van der Waals surface area contributed by atoms with Crippen molar-refractivity contribution >= 4 is 50.1 Å². The molecule has 3 N–H and O–H groups in total. The first-order valence-electron chi connectivity index (χ1n) is 23.9. The van der Waals surface area contributed by atoms with Gasteiger partial charge in [0.1, 0.15) is 34.4 Å². The molecule has 1 spiro atoms. The van der Waals surface area contributed by atoms with Crippen molar-refractivity contribution in [3.05, 3.63) is 106 Å². The van der Waals surface area contributed by atoms with Crippen molar-refractivity contribution in [2.45, 2.75) is 130 Å². The maximum Gasteiger partial charge on any atom is 0.288 e. The Hall–Kier alpha value is -5.16. The molecule has 0 unspecified atom stereocenters. The number of carbonyl (C=O) groups is 1. The topological polar surface area (TPSA) is 180 Å². The third kappa shape index (κ3) is 9.38. The first-order chi connectivity index (χ1) is 32.1. The Kier molecular flexibility index (Phi) is 12.3. The van der Waals surface area contributed by atoms with Crippen LogP contribution in [0.1, 0.15) is 125 Å². The van der Waals surface area contributed by atoms with Gasteiger partial charge in [0.05, 0.1) is 27.2 Å². The number of nitro benzene ring substituents is 1. The van der Waals surface area contributed by atoms with Crippen LogP contribution in [0.2, 0.25) is 0 Å². The summed E-state index contributed by atoms with van der Waals surface area (Å²) in [4.78, 5) is 38.4. The second-order valence-corrected chi connectivity index (χ2v) is 23.3. The zero-order valence-corrected chi connectivity index (χ0v) is 40.0. The number of carbonyl (C=O) groups excluding carboxylic acids is 1. The number of hydrogen-bond donors (Lipinski definition) is 3. The number of nitro groups is 1. The van der Waals surface area contributed by atoms with Gasteiger partial charge in [0, 0.05) is 65.9 Å². The number of hydrogen-bond acceptors (Lipinski definition) is 12. The monoisotopic (exact) mass is 948 g/mol. The molecule has 2 saturated carbocycles. The molecular formula is C51H60N6O8S2. The highest BCUT2D eigenvalue weighted by Gasteiger charge is 2.50. The van der Waals surface area contributed by atoms with Crippen molar-refractivity contribution in [3.8, 4) is 17.2 Å². The average Bonchev–Trinajstić information content (AvgIpc) is 3.98. The molecule has 2 saturated heterocycles. The van der Waals surface area contributed by atoms with Crippen molar-refractivity contribution in [1.82, 2.24) is 19.6 Å². The summed E-state index contributed by atoms with van der Waals surface area (Å²) in [6, 6.07) is 21.1. The summed E-state index contributed by atoms with van der Waals surface area (Å²) in [6.45, 7) is 9.50. The third-order valence-electron chi connectivity index (χ3n) is 15.3. The maximum absolute atomic E-state index is 14.1. The summed E-state index contributed by atoms with van der Waals surface area (Å²) in [5.74, 6) is 0.497. The molecule has 5 heterocycles. The van der Waals surface area contributed by atoms with Crippen LogP contribution in [0.25, 0.3) is 11.0 Å². The number of ether oxygens (including phenoxy) is 2. The van der Waals surface area contributed by atoms with Gasteiger partial charge in [0.25, 0.3) is 21.6 Å². The summed E-state index contributed by atoms with van der Waals surface area (Å²) < 4.78 is 42.5. The van der Waals surface area contributed by atoms with E-state index in [-0.39, 0.29) is 33.8 Å². The molecule has 14 nitrogen and oxygen atoms in total. The molecule has 0 radical (unpaired) electrons. The van der Waals surface area contributed by atoms with E-state index in [2.05, 4.69) is 62.6 Å². The first-order valence-corrected chi connectivity index (χ1v) is 26.2. The molecular weight excluding hydrogens is 889 g/mol. The second kappa shape index (κ2) is 18.1. The van der Waals surface area contributed by atoms with E-state index >= 15 is 0 Å². The quantitative estimate of drug-likeness (QED) is 0.0797. The maximum atomic E-state index is 14.1. The van der Waals surface area contributed by atoms with Crippen LogP contribution >= 0.6 is 11.8 Å². The van der Waals surface area contributed by atoms with Crippen LogP contribution < -0.4 is 19.1 Å². The van der Waals surface area contributed by atoms with Crippen LogP contribution in [0, 0.1) is 21.4 Å². The summed E-state index contributed by atoms with van der Waals surface area (Å²) in [6.07, 6.45) is 14.1. The number of thioether (sulfide) groups is 1. The van der Waals surface area contributed by atoms with E-state index in [0.717, 1.165) is 68.9 Å². The SMILES string of the molecule is CC(C)c1ccccc1[C@@H]1CCCN1C1CC2(CCN(c3ccc(C(=O)NS(=O)(=O)c4cc5c(c([N+](=O)[O-])c4)S[C@@H](C[C@H]4CC[C@](C)(O)CC4)CO5)c(Oc4cnc5[nH]ccc5c4)c3)CC2)C1. The number of aliphatic hydroxyl groups is 1. The zero-order chi connectivity index (χ0) is 46.7. The number of nitrogens with one attached hydrogen (secondary N) is 2. The highest BCUT2D eigenvalue weighted by Crippen LogP contribution is 2.55. The molecule has 2 aliphatic carbocycles. The minimum Gasteiger partial charge on any atom is -0.491 e. The molecule has 67 heavy (non-hydrogen) atoms. The molecule has 354 valence electrons. The van der Waals surface area contributed by atoms with E-state index in [1.165, 1.54) is 54.6 Å². The zero-order valence-electron chi connectivity index (χ0n) is 38.4. The number of amides is 1. The minimum absolute atomic E-state index is 0.0256. The van der Waals surface area contributed by atoms with Crippen molar-refractivity contribution < 1.29 is 32.7 Å². The van der Waals surface area contributed by atoms with Crippen LogP contribution in [-0.2, 0) is 10.0 Å². The highest BCUT2D eigenvalue weighted by molar-refractivity contribution is 8.00. The Morgan fingerprint density at radius 2 is 1.82 bits per heavy atom. The number of benzene rings is 3. The fourth-order valence-electron chi connectivity index (χ4n) is 11.5. The summed E-state index contributed by atoms with van der Waals surface area (Å²) in [5.41, 5.74) is 3.69. The fourth-order valence-corrected chi connectivity index (χ4v) is 13.9. The first kappa shape index (κ1) is 45.6. The van der Waals surface area contributed by atoms with Gasteiger partial charge in [0.15, 0.2) is 0 Å². The Bertz CT molecular complexity index is 2790. The molecule has 2 aromatic heterocycles. The number of rotatable bonds is 12. The van der Waals surface area contributed by atoms with Gasteiger partial charge in [-0.2, -0.15) is 0 Å². The Balaban J connectivity index is 0.845. The van der Waals surface area contributed by atoms with Crippen molar-refractivity contribution in [2.24, 2.45) is 11.3 Å². The molecule has 16 heteroatoms. The number of sulfonamides is 1. The Morgan fingerprint density at radius 1 is 1.04 bits per heavy atom. The van der Waals surface area contributed by atoms with E-state index in [1.54, 1.807) is 30.6 Å². The predicted molar refractivity (Wildman–Crippen MR) is 259 cm³/mol. The highest BCUT2D eigenvalue weighted by atomic mass is 32.2. The molecule has 3 aliphatic heterocycles. The van der Waals surface area contributed by atoms with Crippen LogP contribution in [0.3, 0.4) is 0 Å². The average molecular weight is 949 g/mol. The standard InChI is InChI=1S/C51H60N6O8S2/c1-32(2)40-7-4-5-8-41(40)43-9-6-20-56(43)36-28-51(29-36)17-21-55(22-18-51)35-10-11-42(45(25-35)65-37-24-34-14-19-52-48(34)53-30-37)49(58)54-67(62,63)39-26-44(57(60)61)47-46(27-39)64-31-38(66-47)23-33-12-15-50(3,59)16-13-33/h4-5,7-8,10-11,14,19,24-27,30,32-33,36,38,43,59H,6,9,12-13,15-18,20-23,28-29,31H2,1-3H3,(H,52,53)(H,54,58)/t33-,38-,43-,50-/m0/s1. The summed E-state index contributed by atoms with van der Waals surface area (Å²) >= 11 is 1.32. The van der Waals surface area contributed by atoms with Gasteiger partial charge in [-0.25, -0.2) is 18.1 Å². The van der Waals surface area contributed by atoms with Gasteiger partial charge >= 0.3 is 0 Å². The number of piperidine rings is 1. The van der Waals surface area contributed by atoms with E-state index in [1.807, 2.05) is 19.1 Å². The number of pyridine rings is 1. The molecule has 3 aromatic carbocycles. The van der Waals surface area contributed by atoms with Gasteiger partial charge in [-0.1, -0.05) is 38.1 Å². The summed E-state index contributed by atoms with van der Waals surface area (Å²) in [5, 5.41) is 23.6. The lowest BCUT2D eigenvalue weighted by atomic mass is 9.59. The van der Waals surface area contributed by atoms with Crippen molar-refractivity contribution in [1.29, 1.82) is 0 Å². The molecule has 4 fully saturated rings. The number of nitrogens with zero attached hydrogens (tertiary/aromatic N) is 4. The van der Waals surface area contributed by atoms with Gasteiger partial charge < -0.3 is 24.5 Å². The van der Waals surface area contributed by atoms with Crippen LogP contribution in [0.4, 0.5) is 11.4 Å². The van der Waals surface area contributed by atoms with Crippen LogP contribution in [-0.4, -0.2) is 82.4 Å². The normalized spacial score (nSPS) is 24.3. The predicted octanol–water partition coefficient (Wildman–Crippen LogP) is 10.3. The lowest BCUT2D eigenvalue weighted by molar-refractivity contribution is -0.388. The third-order valence-corrected chi connectivity index (χ3v) is 17.9. The van der Waals surface area contributed by atoms with E-state index in [0.29, 0.717) is 53.6 Å². The van der Waals surface area contributed by atoms with Crippen molar-refractivity contribution in [3.63, 3.8) is 0 Å². The van der Waals surface area contributed by atoms with Gasteiger partial charge in [0.2, 0.25) is 0 Å². The summed E-state index contributed by atoms with van der Waals surface area (Å²) in [7, 11) is -4.63. The molecule has 2 atom stereocenters.